The highest BCUT2D eigenvalue weighted by molar-refractivity contribution is 7.99. The maximum absolute atomic E-state index is 12.4. The Balaban J connectivity index is 1.71. The van der Waals surface area contributed by atoms with Crippen LogP contribution >= 0.6 is 11.8 Å². The number of imidazole rings is 1. The monoisotopic (exact) mass is 409 g/mol. The highest BCUT2D eigenvalue weighted by Crippen LogP contribution is 2.42. The van der Waals surface area contributed by atoms with Gasteiger partial charge in [-0.2, -0.15) is 13.2 Å². The Morgan fingerprint density at radius 3 is 2.71 bits per heavy atom. The molecule has 0 radical (unpaired) electrons. The molecule has 3 heterocycles. The molecule has 1 fully saturated rings. The van der Waals surface area contributed by atoms with Crippen LogP contribution in [0, 0.1) is 0 Å². The quantitative estimate of drug-likeness (QED) is 0.564. The summed E-state index contributed by atoms with van der Waals surface area (Å²) >= 11 is 1.69. The number of hydrogen-bond acceptors (Lipinski definition) is 6. The molecule has 1 aliphatic rings. The first-order valence-electron chi connectivity index (χ1n) is 8.88. The SMILES string of the molecule is CCSc1cc(C2CC2)cnc1-c1nc2cc(OCC(F)(F)F)nnc2n1C. The molecule has 0 unspecified atom stereocenters. The first kappa shape index (κ1) is 19.0. The van der Waals surface area contributed by atoms with Crippen molar-refractivity contribution in [2.75, 3.05) is 12.4 Å². The molecule has 0 bridgehead atoms. The summed E-state index contributed by atoms with van der Waals surface area (Å²) in [6, 6.07) is 3.53. The van der Waals surface area contributed by atoms with Crippen molar-refractivity contribution in [3.63, 3.8) is 0 Å². The fourth-order valence-electron chi connectivity index (χ4n) is 2.94. The second-order valence-corrected chi connectivity index (χ2v) is 7.92. The lowest BCUT2D eigenvalue weighted by Gasteiger charge is -2.09. The van der Waals surface area contributed by atoms with Gasteiger partial charge in [-0.1, -0.05) is 6.92 Å². The van der Waals surface area contributed by atoms with Gasteiger partial charge in [0.2, 0.25) is 5.88 Å². The van der Waals surface area contributed by atoms with E-state index in [9.17, 15) is 13.2 Å². The van der Waals surface area contributed by atoms with Gasteiger partial charge in [0.05, 0.1) is 0 Å². The zero-order valence-corrected chi connectivity index (χ0v) is 16.1. The molecule has 0 aromatic carbocycles. The molecular formula is C18H18F3N5OS. The Morgan fingerprint density at radius 2 is 2.04 bits per heavy atom. The molecule has 3 aromatic rings. The van der Waals surface area contributed by atoms with E-state index in [1.54, 1.807) is 23.4 Å². The van der Waals surface area contributed by atoms with Crippen LogP contribution in [0.4, 0.5) is 13.2 Å². The van der Waals surface area contributed by atoms with Gasteiger partial charge in [-0.3, -0.25) is 4.98 Å². The molecule has 3 aromatic heterocycles. The van der Waals surface area contributed by atoms with Gasteiger partial charge in [0, 0.05) is 24.2 Å². The smallest absolute Gasteiger partial charge is 0.422 e. The minimum Gasteiger partial charge on any atom is -0.467 e. The third-order valence-corrected chi connectivity index (χ3v) is 5.32. The van der Waals surface area contributed by atoms with Gasteiger partial charge >= 0.3 is 6.18 Å². The molecule has 0 spiro atoms. The Kier molecular flexibility index (Phi) is 4.90. The predicted molar refractivity (Wildman–Crippen MR) is 99.5 cm³/mol. The highest BCUT2D eigenvalue weighted by atomic mass is 32.2. The third-order valence-electron chi connectivity index (χ3n) is 4.41. The van der Waals surface area contributed by atoms with Crippen LogP contribution in [0.5, 0.6) is 5.88 Å². The van der Waals surface area contributed by atoms with E-state index in [1.165, 1.54) is 24.5 Å². The molecule has 10 heteroatoms. The number of rotatable bonds is 6. The Morgan fingerprint density at radius 1 is 1.25 bits per heavy atom. The van der Waals surface area contributed by atoms with Crippen molar-refractivity contribution in [3.05, 3.63) is 23.9 Å². The van der Waals surface area contributed by atoms with Crippen LogP contribution < -0.4 is 4.74 Å². The summed E-state index contributed by atoms with van der Waals surface area (Å²) in [5.41, 5.74) is 2.83. The summed E-state index contributed by atoms with van der Waals surface area (Å²) in [6.45, 7) is 0.650. The van der Waals surface area contributed by atoms with E-state index >= 15 is 0 Å². The molecule has 148 valence electrons. The number of fused-ring (bicyclic) bond motifs is 1. The summed E-state index contributed by atoms with van der Waals surface area (Å²) in [4.78, 5) is 10.2. The number of pyridine rings is 1. The Labute approximate surface area is 163 Å². The molecule has 0 aliphatic heterocycles. The van der Waals surface area contributed by atoms with Crippen molar-refractivity contribution in [1.29, 1.82) is 0 Å². The van der Waals surface area contributed by atoms with Gasteiger partial charge in [0.25, 0.3) is 0 Å². The third kappa shape index (κ3) is 3.91. The predicted octanol–water partition coefficient (Wildman–Crippen LogP) is 4.36. The second kappa shape index (κ2) is 7.23. The van der Waals surface area contributed by atoms with Crippen LogP contribution in [0.2, 0.25) is 0 Å². The van der Waals surface area contributed by atoms with Crippen molar-refractivity contribution in [2.45, 2.75) is 36.8 Å². The molecule has 1 aliphatic carbocycles. The normalized spacial score (nSPS) is 14.6. The van der Waals surface area contributed by atoms with Crippen molar-refractivity contribution in [2.24, 2.45) is 7.05 Å². The molecule has 6 nitrogen and oxygen atoms in total. The number of aromatic nitrogens is 5. The lowest BCUT2D eigenvalue weighted by Crippen LogP contribution is -2.19. The van der Waals surface area contributed by atoms with Gasteiger partial charge in [0.15, 0.2) is 18.1 Å². The lowest BCUT2D eigenvalue weighted by atomic mass is 10.2. The van der Waals surface area contributed by atoms with E-state index in [4.69, 9.17) is 0 Å². The Hall–Kier alpha value is -2.36. The van der Waals surface area contributed by atoms with Gasteiger partial charge in [0.1, 0.15) is 11.2 Å². The van der Waals surface area contributed by atoms with E-state index < -0.39 is 12.8 Å². The standard InChI is InChI=1S/C18H18F3N5OS/c1-3-28-13-6-11(10-4-5-10)8-22-15(13)17-23-12-7-14(27-9-18(19,20)21)24-25-16(12)26(17)2/h6-8,10H,3-5,9H2,1-2H3. The van der Waals surface area contributed by atoms with Gasteiger partial charge in [-0.15, -0.1) is 22.0 Å². The number of alkyl halides is 3. The van der Waals surface area contributed by atoms with Crippen molar-refractivity contribution < 1.29 is 17.9 Å². The molecule has 0 saturated heterocycles. The fourth-order valence-corrected chi connectivity index (χ4v) is 3.75. The average Bonchev–Trinajstić information content (AvgIpc) is 3.45. The zero-order chi connectivity index (χ0) is 19.9. The van der Waals surface area contributed by atoms with E-state index in [1.807, 2.05) is 6.20 Å². The van der Waals surface area contributed by atoms with Gasteiger partial charge in [-0.25, -0.2) is 4.98 Å². The number of halogens is 3. The van der Waals surface area contributed by atoms with Crippen molar-refractivity contribution >= 4 is 22.9 Å². The van der Waals surface area contributed by atoms with Gasteiger partial charge in [-0.05, 0) is 36.1 Å². The van der Waals surface area contributed by atoms with E-state index in [-0.39, 0.29) is 5.88 Å². The topological polar surface area (TPSA) is 65.7 Å². The van der Waals surface area contributed by atoms with Crippen LogP contribution in [0.1, 0.15) is 31.2 Å². The summed E-state index contributed by atoms with van der Waals surface area (Å²) in [7, 11) is 1.78. The maximum atomic E-state index is 12.4. The average molecular weight is 409 g/mol. The number of thioether (sulfide) groups is 1. The number of ether oxygens (including phenoxy) is 1. The first-order valence-corrected chi connectivity index (χ1v) is 9.87. The van der Waals surface area contributed by atoms with Crippen LogP contribution in [0.3, 0.4) is 0 Å². The Bertz CT molecular complexity index is 1020. The summed E-state index contributed by atoms with van der Waals surface area (Å²) < 4.78 is 43.5. The molecular weight excluding hydrogens is 391 g/mol. The molecule has 0 N–H and O–H groups in total. The maximum Gasteiger partial charge on any atom is 0.422 e. The molecule has 1 saturated carbocycles. The van der Waals surface area contributed by atoms with E-state index in [0.717, 1.165) is 16.3 Å². The van der Waals surface area contributed by atoms with E-state index in [2.05, 4.69) is 37.9 Å². The largest absolute Gasteiger partial charge is 0.467 e. The first-order chi connectivity index (χ1) is 13.4. The summed E-state index contributed by atoms with van der Waals surface area (Å²) in [5.74, 6) is 1.87. The molecule has 0 amide bonds. The number of aryl methyl sites for hydroxylation is 1. The van der Waals surface area contributed by atoms with Crippen LogP contribution in [-0.4, -0.2) is 43.3 Å². The number of hydrogen-bond donors (Lipinski definition) is 0. The molecule has 28 heavy (non-hydrogen) atoms. The highest BCUT2D eigenvalue weighted by Gasteiger charge is 2.29. The molecule has 4 rings (SSSR count). The van der Waals surface area contributed by atoms with Gasteiger partial charge < -0.3 is 9.30 Å². The minimum atomic E-state index is -4.44. The summed E-state index contributed by atoms with van der Waals surface area (Å²) in [6.07, 6.45) is -0.166. The van der Waals surface area contributed by atoms with Crippen molar-refractivity contribution in [1.82, 2.24) is 24.7 Å². The van der Waals surface area contributed by atoms with Crippen LogP contribution in [-0.2, 0) is 7.05 Å². The second-order valence-electron chi connectivity index (χ2n) is 6.61. The van der Waals surface area contributed by atoms with Crippen molar-refractivity contribution in [3.8, 4) is 17.4 Å². The van der Waals surface area contributed by atoms with E-state index in [0.29, 0.717) is 22.9 Å². The lowest BCUT2D eigenvalue weighted by molar-refractivity contribution is -0.154. The fraction of sp³-hybridized carbons (Fsp3) is 0.444. The van der Waals surface area contributed by atoms with Crippen LogP contribution in [0.25, 0.3) is 22.7 Å². The summed E-state index contributed by atoms with van der Waals surface area (Å²) in [5, 5.41) is 7.71. The number of nitrogens with zero attached hydrogens (tertiary/aromatic N) is 5. The molecule has 0 atom stereocenters. The minimum absolute atomic E-state index is 0.213. The zero-order valence-electron chi connectivity index (χ0n) is 15.3. The van der Waals surface area contributed by atoms with Crippen LogP contribution in [0.15, 0.2) is 23.2 Å².